The number of benzene rings is 2. The van der Waals surface area contributed by atoms with Crippen molar-refractivity contribution in [1.82, 2.24) is 9.80 Å². The summed E-state index contributed by atoms with van der Waals surface area (Å²) in [5.41, 5.74) is 3.38. The molecule has 1 fully saturated rings. The van der Waals surface area contributed by atoms with E-state index in [1.165, 1.54) is 11.9 Å². The summed E-state index contributed by atoms with van der Waals surface area (Å²) in [5.74, 6) is -0.359. The largest absolute Gasteiger partial charge is 0.379 e. The molecule has 1 atom stereocenters. The maximum absolute atomic E-state index is 13.1. The van der Waals surface area contributed by atoms with Crippen LogP contribution in [-0.4, -0.2) is 60.1 Å². The number of anilines is 1. The number of rotatable bonds is 5. The first-order valence-corrected chi connectivity index (χ1v) is 11.2. The fourth-order valence-electron chi connectivity index (χ4n) is 3.62. The number of hydrogen-bond donors (Lipinski definition) is 1. The van der Waals surface area contributed by atoms with E-state index in [-0.39, 0.29) is 11.7 Å². The Bertz CT molecular complexity index is 932. The van der Waals surface area contributed by atoms with Crippen molar-refractivity contribution in [3.05, 3.63) is 64.2 Å². The molecule has 2 aromatic rings. The lowest BCUT2D eigenvalue weighted by Gasteiger charge is -2.29. The predicted molar refractivity (Wildman–Crippen MR) is 120 cm³/mol. The standard InChI is InChI=1S/C22H24ClN3O3S/c1-25(13-15-2-5-17(23)6-3-15)22(28)21-20(27)18-12-16(4-7-19(18)24-30-21)14-26-8-10-29-11-9-26/h2-7,12,21,24H,8-11,13-14H2,1H3. The van der Waals surface area contributed by atoms with Crippen molar-refractivity contribution in [3.63, 3.8) is 0 Å². The van der Waals surface area contributed by atoms with Crippen molar-refractivity contribution in [2.24, 2.45) is 0 Å². The Morgan fingerprint density at radius 3 is 2.63 bits per heavy atom. The summed E-state index contributed by atoms with van der Waals surface area (Å²) >= 11 is 7.09. The van der Waals surface area contributed by atoms with Crippen molar-refractivity contribution in [3.8, 4) is 0 Å². The third-order valence-electron chi connectivity index (χ3n) is 5.32. The van der Waals surface area contributed by atoms with E-state index in [9.17, 15) is 9.59 Å². The summed E-state index contributed by atoms with van der Waals surface area (Å²) < 4.78 is 8.58. The molecule has 30 heavy (non-hydrogen) atoms. The van der Waals surface area contributed by atoms with Crippen LogP contribution in [0.2, 0.25) is 5.02 Å². The zero-order chi connectivity index (χ0) is 21.1. The quantitative estimate of drug-likeness (QED) is 0.561. The van der Waals surface area contributed by atoms with Crippen LogP contribution < -0.4 is 4.72 Å². The van der Waals surface area contributed by atoms with Crippen molar-refractivity contribution in [1.29, 1.82) is 0 Å². The second-order valence-corrected chi connectivity index (χ2v) is 8.90. The number of carbonyl (C=O) groups is 2. The van der Waals surface area contributed by atoms with Gasteiger partial charge in [0.05, 0.1) is 18.9 Å². The average Bonchev–Trinajstić information content (AvgIpc) is 2.76. The van der Waals surface area contributed by atoms with Crippen LogP contribution >= 0.6 is 23.5 Å². The first kappa shape index (κ1) is 21.2. The SMILES string of the molecule is CN(Cc1ccc(Cl)cc1)C(=O)C1SNc2ccc(CN3CCOCC3)cc2C1=O. The highest BCUT2D eigenvalue weighted by Crippen LogP contribution is 2.32. The van der Waals surface area contributed by atoms with Crippen molar-refractivity contribution >= 4 is 40.9 Å². The molecule has 1 saturated heterocycles. The van der Waals surface area contributed by atoms with E-state index in [1.807, 2.05) is 30.3 Å². The van der Waals surface area contributed by atoms with Gasteiger partial charge in [0, 0.05) is 43.8 Å². The number of nitrogens with zero attached hydrogens (tertiary/aromatic N) is 2. The van der Waals surface area contributed by atoms with Gasteiger partial charge in [-0.05, 0) is 47.3 Å². The number of nitrogens with one attached hydrogen (secondary N) is 1. The zero-order valence-corrected chi connectivity index (χ0v) is 18.3. The van der Waals surface area contributed by atoms with Crippen LogP contribution in [-0.2, 0) is 22.6 Å². The Morgan fingerprint density at radius 1 is 1.20 bits per heavy atom. The van der Waals surface area contributed by atoms with Gasteiger partial charge in [0.15, 0.2) is 11.0 Å². The fourth-order valence-corrected chi connectivity index (χ4v) is 4.69. The fraction of sp³-hybridized carbons (Fsp3) is 0.364. The molecular formula is C22H24ClN3O3S. The molecule has 8 heteroatoms. The van der Waals surface area contributed by atoms with Crippen LogP contribution in [0.4, 0.5) is 5.69 Å². The van der Waals surface area contributed by atoms with Crippen molar-refractivity contribution < 1.29 is 14.3 Å². The van der Waals surface area contributed by atoms with Crippen LogP contribution in [0.5, 0.6) is 0 Å². The topological polar surface area (TPSA) is 61.9 Å². The Balaban J connectivity index is 1.45. The second-order valence-electron chi connectivity index (χ2n) is 7.55. The smallest absolute Gasteiger partial charge is 0.245 e. The highest BCUT2D eigenvalue weighted by Gasteiger charge is 2.36. The molecule has 0 aliphatic carbocycles. The van der Waals surface area contributed by atoms with Crippen molar-refractivity contribution in [2.45, 2.75) is 18.3 Å². The highest BCUT2D eigenvalue weighted by molar-refractivity contribution is 8.02. The molecule has 0 saturated carbocycles. The number of halogens is 1. The van der Waals surface area contributed by atoms with Gasteiger partial charge in [-0.1, -0.05) is 29.8 Å². The van der Waals surface area contributed by atoms with E-state index in [0.717, 1.165) is 49.7 Å². The van der Waals surface area contributed by atoms with Gasteiger partial charge in [-0.25, -0.2) is 0 Å². The van der Waals surface area contributed by atoms with Gasteiger partial charge in [-0.3, -0.25) is 14.5 Å². The number of ether oxygens (including phenoxy) is 1. The minimum Gasteiger partial charge on any atom is -0.379 e. The zero-order valence-electron chi connectivity index (χ0n) is 16.8. The predicted octanol–water partition coefficient (Wildman–Crippen LogP) is 3.46. The first-order valence-electron chi connectivity index (χ1n) is 9.89. The van der Waals surface area contributed by atoms with Gasteiger partial charge in [0.25, 0.3) is 0 Å². The lowest BCUT2D eigenvalue weighted by atomic mass is 10.0. The van der Waals surface area contributed by atoms with Gasteiger partial charge in [-0.15, -0.1) is 0 Å². The maximum Gasteiger partial charge on any atom is 0.245 e. The molecular weight excluding hydrogens is 422 g/mol. The molecule has 0 spiro atoms. The summed E-state index contributed by atoms with van der Waals surface area (Å²) in [5, 5.41) is -0.145. The van der Waals surface area contributed by atoms with Gasteiger partial charge < -0.3 is 14.4 Å². The number of hydrogen-bond acceptors (Lipinski definition) is 6. The van der Waals surface area contributed by atoms with Crippen LogP contribution in [0.25, 0.3) is 0 Å². The third-order valence-corrected chi connectivity index (χ3v) is 6.56. The minimum atomic E-state index is -0.798. The number of Topliss-reactive ketones (excluding diaryl/α,β-unsaturated/α-hetero) is 1. The van der Waals surface area contributed by atoms with Crippen LogP contribution in [0, 0.1) is 0 Å². The molecule has 1 unspecified atom stereocenters. The molecule has 6 nitrogen and oxygen atoms in total. The molecule has 0 bridgehead atoms. The number of carbonyl (C=O) groups excluding carboxylic acids is 2. The minimum absolute atomic E-state index is 0.148. The Labute approximate surface area is 185 Å². The normalized spacial score (nSPS) is 19.1. The molecule has 0 radical (unpaired) electrons. The van der Waals surface area contributed by atoms with Gasteiger partial charge >= 0.3 is 0 Å². The van der Waals surface area contributed by atoms with Gasteiger partial charge in [0.2, 0.25) is 5.91 Å². The maximum atomic E-state index is 13.1. The average molecular weight is 446 g/mol. The highest BCUT2D eigenvalue weighted by atomic mass is 35.5. The lowest BCUT2D eigenvalue weighted by Crippen LogP contribution is -2.41. The number of fused-ring (bicyclic) bond motifs is 1. The lowest BCUT2D eigenvalue weighted by molar-refractivity contribution is -0.128. The van der Waals surface area contributed by atoms with Gasteiger partial charge in [-0.2, -0.15) is 0 Å². The van der Waals surface area contributed by atoms with Crippen molar-refractivity contribution in [2.75, 3.05) is 38.1 Å². The summed E-state index contributed by atoms with van der Waals surface area (Å²) in [6.45, 7) is 4.43. The molecule has 1 amide bonds. The molecule has 2 aliphatic rings. The van der Waals surface area contributed by atoms with Crippen LogP contribution in [0.15, 0.2) is 42.5 Å². The first-order chi connectivity index (χ1) is 14.5. The number of morpholine rings is 1. The van der Waals surface area contributed by atoms with E-state index >= 15 is 0 Å². The summed E-state index contributed by atoms with van der Waals surface area (Å²) in [6, 6.07) is 13.2. The van der Waals surface area contributed by atoms with E-state index < -0.39 is 5.25 Å². The number of ketones is 1. The number of amides is 1. The summed E-state index contributed by atoms with van der Waals surface area (Å²) in [6.07, 6.45) is 0. The summed E-state index contributed by atoms with van der Waals surface area (Å²) in [7, 11) is 1.72. The Hall–Kier alpha value is -2.06. The second kappa shape index (κ2) is 9.39. The molecule has 4 rings (SSSR count). The molecule has 158 valence electrons. The molecule has 2 aliphatic heterocycles. The van der Waals surface area contributed by atoms with E-state index in [1.54, 1.807) is 24.1 Å². The van der Waals surface area contributed by atoms with E-state index in [4.69, 9.17) is 16.3 Å². The Kier molecular flexibility index (Phi) is 6.63. The summed E-state index contributed by atoms with van der Waals surface area (Å²) in [4.78, 5) is 30.0. The van der Waals surface area contributed by atoms with Crippen LogP contribution in [0.3, 0.4) is 0 Å². The molecule has 1 N–H and O–H groups in total. The monoisotopic (exact) mass is 445 g/mol. The van der Waals surface area contributed by atoms with E-state index in [0.29, 0.717) is 17.1 Å². The molecule has 0 aromatic heterocycles. The molecule has 2 heterocycles. The van der Waals surface area contributed by atoms with E-state index in [2.05, 4.69) is 9.62 Å². The Morgan fingerprint density at radius 2 is 1.90 bits per heavy atom. The molecule has 2 aromatic carbocycles. The third kappa shape index (κ3) is 4.81. The van der Waals surface area contributed by atoms with Crippen LogP contribution in [0.1, 0.15) is 21.5 Å². The van der Waals surface area contributed by atoms with Gasteiger partial charge in [0.1, 0.15) is 0 Å².